The highest BCUT2D eigenvalue weighted by Crippen LogP contribution is 2.25. The first kappa shape index (κ1) is 19.7. The van der Waals surface area contributed by atoms with Gasteiger partial charge in [-0.3, -0.25) is 4.79 Å². The molecule has 0 spiro atoms. The third kappa shape index (κ3) is 3.82. The van der Waals surface area contributed by atoms with Crippen LogP contribution in [0.1, 0.15) is 28.5 Å². The first-order chi connectivity index (χ1) is 13.7. The largest absolute Gasteiger partial charge is 0.448 e. The van der Waals surface area contributed by atoms with Crippen molar-refractivity contribution in [3.8, 4) is 0 Å². The Labute approximate surface area is 170 Å². The van der Waals surface area contributed by atoms with Gasteiger partial charge in [-0.25, -0.2) is 8.42 Å². The molecule has 1 aliphatic rings. The van der Waals surface area contributed by atoms with Crippen molar-refractivity contribution in [1.29, 1.82) is 0 Å². The van der Waals surface area contributed by atoms with Crippen molar-refractivity contribution >= 4 is 27.0 Å². The van der Waals surface area contributed by atoms with Crippen LogP contribution in [-0.4, -0.2) is 60.0 Å². The van der Waals surface area contributed by atoms with Crippen LogP contribution >= 0.6 is 0 Å². The molecule has 8 heteroatoms. The SMILES string of the molecule is Cc1cccc(Cn2c(C(=O)N3CCN(S(C)(=O)=O)[C@H](C)C3)cc3ccoc32)c1. The van der Waals surface area contributed by atoms with E-state index in [1.807, 2.05) is 48.7 Å². The zero-order valence-electron chi connectivity index (χ0n) is 16.8. The standard InChI is InChI=1S/C21H25N3O4S/c1-15-5-4-6-17(11-15)14-23-19(12-18-7-10-28-21(18)23)20(25)22-8-9-24(16(2)13-22)29(3,26)27/h4-7,10-12,16H,8-9,13-14H2,1-3H3/t16-/m1/s1. The van der Waals surface area contributed by atoms with Crippen LogP contribution in [-0.2, 0) is 16.6 Å². The van der Waals surface area contributed by atoms with Gasteiger partial charge in [0.15, 0.2) is 0 Å². The molecule has 1 saturated heterocycles. The quantitative estimate of drug-likeness (QED) is 0.657. The molecule has 154 valence electrons. The number of carbonyl (C=O) groups excluding carboxylic acids is 1. The number of amides is 1. The molecule has 3 aromatic rings. The fourth-order valence-electron chi connectivity index (χ4n) is 4.08. The van der Waals surface area contributed by atoms with Gasteiger partial charge in [0.1, 0.15) is 5.69 Å². The van der Waals surface area contributed by atoms with Crippen LogP contribution in [0, 0.1) is 6.92 Å². The summed E-state index contributed by atoms with van der Waals surface area (Å²) in [5.74, 6) is -0.107. The average molecular weight is 416 g/mol. The molecule has 0 saturated carbocycles. The molecular weight excluding hydrogens is 390 g/mol. The van der Waals surface area contributed by atoms with E-state index < -0.39 is 10.0 Å². The summed E-state index contributed by atoms with van der Waals surface area (Å²) in [7, 11) is -3.28. The van der Waals surface area contributed by atoms with Crippen molar-refractivity contribution in [3.05, 3.63) is 59.5 Å². The number of fused-ring (bicyclic) bond motifs is 1. The summed E-state index contributed by atoms with van der Waals surface area (Å²) >= 11 is 0. The summed E-state index contributed by atoms with van der Waals surface area (Å²) in [6.07, 6.45) is 2.83. The molecule has 4 rings (SSSR count). The number of piperazine rings is 1. The van der Waals surface area contributed by atoms with E-state index in [1.165, 1.54) is 10.6 Å². The molecule has 1 atom stereocenters. The lowest BCUT2D eigenvalue weighted by Crippen LogP contribution is -2.55. The van der Waals surface area contributed by atoms with E-state index >= 15 is 0 Å². The van der Waals surface area contributed by atoms with E-state index in [-0.39, 0.29) is 11.9 Å². The second-order valence-corrected chi connectivity index (χ2v) is 9.69. The Morgan fingerprint density at radius 1 is 1.21 bits per heavy atom. The van der Waals surface area contributed by atoms with E-state index in [4.69, 9.17) is 4.42 Å². The number of aromatic nitrogens is 1. The van der Waals surface area contributed by atoms with Gasteiger partial charge in [-0.05, 0) is 31.5 Å². The van der Waals surface area contributed by atoms with Crippen LogP contribution in [0.2, 0.25) is 0 Å². The van der Waals surface area contributed by atoms with Gasteiger partial charge in [-0.15, -0.1) is 0 Å². The van der Waals surface area contributed by atoms with E-state index in [0.29, 0.717) is 37.6 Å². The summed E-state index contributed by atoms with van der Waals surface area (Å²) in [6, 6.07) is 11.6. The normalized spacial score (nSPS) is 18.4. The number of hydrogen-bond donors (Lipinski definition) is 0. The lowest BCUT2D eigenvalue weighted by molar-refractivity contribution is 0.0632. The number of benzene rings is 1. The molecule has 0 bridgehead atoms. The predicted octanol–water partition coefficient (Wildman–Crippen LogP) is 2.70. The van der Waals surface area contributed by atoms with Crippen LogP contribution < -0.4 is 0 Å². The Balaban J connectivity index is 1.64. The zero-order valence-corrected chi connectivity index (χ0v) is 17.6. The number of rotatable bonds is 4. The highest BCUT2D eigenvalue weighted by atomic mass is 32.2. The summed E-state index contributed by atoms with van der Waals surface area (Å²) in [5.41, 5.74) is 3.46. The highest BCUT2D eigenvalue weighted by molar-refractivity contribution is 7.88. The number of nitrogens with zero attached hydrogens (tertiary/aromatic N) is 3. The topological polar surface area (TPSA) is 75.8 Å². The molecule has 0 radical (unpaired) electrons. The first-order valence-corrected chi connectivity index (χ1v) is 11.5. The monoisotopic (exact) mass is 415 g/mol. The second-order valence-electron chi connectivity index (χ2n) is 7.76. The Morgan fingerprint density at radius 2 is 2.00 bits per heavy atom. The molecular formula is C21H25N3O4S. The van der Waals surface area contributed by atoms with Crippen molar-refractivity contribution in [1.82, 2.24) is 13.8 Å². The first-order valence-electron chi connectivity index (χ1n) is 9.62. The predicted molar refractivity (Wildman–Crippen MR) is 111 cm³/mol. The molecule has 1 amide bonds. The molecule has 7 nitrogen and oxygen atoms in total. The van der Waals surface area contributed by atoms with Crippen molar-refractivity contribution < 1.29 is 17.6 Å². The third-order valence-corrected chi connectivity index (χ3v) is 6.82. The van der Waals surface area contributed by atoms with E-state index in [9.17, 15) is 13.2 Å². The van der Waals surface area contributed by atoms with Crippen molar-refractivity contribution in [2.45, 2.75) is 26.4 Å². The Hall–Kier alpha value is -2.58. The molecule has 0 N–H and O–H groups in total. The maximum atomic E-state index is 13.3. The molecule has 1 aliphatic heterocycles. The van der Waals surface area contributed by atoms with Gasteiger partial charge in [0, 0.05) is 31.1 Å². The van der Waals surface area contributed by atoms with Crippen molar-refractivity contribution in [2.75, 3.05) is 25.9 Å². The Morgan fingerprint density at radius 3 is 2.69 bits per heavy atom. The van der Waals surface area contributed by atoms with E-state index in [2.05, 4.69) is 6.07 Å². The van der Waals surface area contributed by atoms with Crippen molar-refractivity contribution in [3.63, 3.8) is 0 Å². The van der Waals surface area contributed by atoms with Gasteiger partial charge >= 0.3 is 0 Å². The minimum atomic E-state index is -3.28. The molecule has 29 heavy (non-hydrogen) atoms. The fraction of sp³-hybridized carbons (Fsp3) is 0.381. The zero-order chi connectivity index (χ0) is 20.8. The van der Waals surface area contributed by atoms with Gasteiger partial charge in [0.2, 0.25) is 15.7 Å². The average Bonchev–Trinajstić information content (AvgIpc) is 3.23. The van der Waals surface area contributed by atoms with Gasteiger partial charge in [-0.2, -0.15) is 4.31 Å². The maximum absolute atomic E-state index is 13.3. The number of aryl methyl sites for hydroxylation is 1. The lowest BCUT2D eigenvalue weighted by Gasteiger charge is -2.38. The third-order valence-electron chi connectivity index (χ3n) is 5.42. The summed E-state index contributed by atoms with van der Waals surface area (Å²) in [5, 5.41) is 0.879. The minimum Gasteiger partial charge on any atom is -0.448 e. The Bertz CT molecular complexity index is 1160. The van der Waals surface area contributed by atoms with E-state index in [0.717, 1.165) is 16.5 Å². The molecule has 2 aromatic heterocycles. The second kappa shape index (κ2) is 7.35. The van der Waals surface area contributed by atoms with Gasteiger partial charge in [0.25, 0.3) is 5.91 Å². The van der Waals surface area contributed by atoms with Crippen molar-refractivity contribution in [2.24, 2.45) is 0 Å². The van der Waals surface area contributed by atoms with Crippen LogP contribution in [0.3, 0.4) is 0 Å². The Kier molecular flexibility index (Phi) is 5.00. The van der Waals surface area contributed by atoms with Crippen LogP contribution in [0.15, 0.2) is 47.1 Å². The number of furan rings is 1. The molecule has 1 aromatic carbocycles. The van der Waals surface area contributed by atoms with Gasteiger partial charge < -0.3 is 13.9 Å². The lowest BCUT2D eigenvalue weighted by atomic mass is 10.1. The minimum absolute atomic E-state index is 0.107. The van der Waals surface area contributed by atoms with Gasteiger partial charge in [0.05, 0.1) is 19.1 Å². The number of sulfonamides is 1. The van der Waals surface area contributed by atoms with Crippen LogP contribution in [0.25, 0.3) is 11.1 Å². The van der Waals surface area contributed by atoms with Crippen LogP contribution in [0.4, 0.5) is 0 Å². The summed E-state index contributed by atoms with van der Waals surface area (Å²) in [4.78, 5) is 15.1. The highest BCUT2D eigenvalue weighted by Gasteiger charge is 2.33. The molecule has 0 unspecified atom stereocenters. The fourth-order valence-corrected chi connectivity index (χ4v) is 5.22. The molecule has 3 heterocycles. The molecule has 1 fully saturated rings. The van der Waals surface area contributed by atoms with Gasteiger partial charge in [-0.1, -0.05) is 29.8 Å². The summed E-state index contributed by atoms with van der Waals surface area (Å²) < 4.78 is 32.8. The maximum Gasteiger partial charge on any atom is 0.270 e. The molecule has 0 aliphatic carbocycles. The van der Waals surface area contributed by atoms with Crippen LogP contribution in [0.5, 0.6) is 0 Å². The number of carbonyl (C=O) groups is 1. The number of hydrogen-bond acceptors (Lipinski definition) is 4. The smallest absolute Gasteiger partial charge is 0.270 e. The summed E-state index contributed by atoms with van der Waals surface area (Å²) in [6.45, 7) is 5.43. The van der Waals surface area contributed by atoms with E-state index in [1.54, 1.807) is 11.2 Å².